The number of hydrogen-bond donors (Lipinski definition) is 1. The van der Waals surface area contributed by atoms with Gasteiger partial charge >= 0.3 is 0 Å². The molecule has 2 N–H and O–H groups in total. The summed E-state index contributed by atoms with van der Waals surface area (Å²) in [6, 6.07) is 11.4. The summed E-state index contributed by atoms with van der Waals surface area (Å²) in [6.45, 7) is 7.98. The van der Waals surface area contributed by atoms with Crippen molar-refractivity contribution in [1.82, 2.24) is 4.90 Å². The fourth-order valence-corrected chi connectivity index (χ4v) is 2.94. The van der Waals surface area contributed by atoms with E-state index >= 15 is 0 Å². The first-order valence-corrected chi connectivity index (χ1v) is 6.60. The van der Waals surface area contributed by atoms with Crippen LogP contribution in [0.2, 0.25) is 0 Å². The van der Waals surface area contributed by atoms with Gasteiger partial charge in [0, 0.05) is 17.6 Å². The van der Waals surface area contributed by atoms with Gasteiger partial charge in [-0.3, -0.25) is 4.90 Å². The van der Waals surface area contributed by atoms with E-state index in [4.69, 9.17) is 5.73 Å². The highest BCUT2D eigenvalue weighted by Gasteiger charge is 2.38. The first-order chi connectivity index (χ1) is 8.03. The number of rotatable bonds is 2. The molecule has 2 heteroatoms. The van der Waals surface area contributed by atoms with Gasteiger partial charge in [0.2, 0.25) is 0 Å². The molecule has 1 aliphatic heterocycles. The predicted molar refractivity (Wildman–Crippen MR) is 72.9 cm³/mol. The Bertz CT molecular complexity index is 358. The van der Waals surface area contributed by atoms with Crippen LogP contribution in [-0.4, -0.2) is 23.0 Å². The molecule has 1 heterocycles. The molecule has 0 amide bonds. The lowest BCUT2D eigenvalue weighted by atomic mass is 9.83. The highest BCUT2D eigenvalue weighted by molar-refractivity contribution is 5.19. The van der Waals surface area contributed by atoms with Gasteiger partial charge in [-0.05, 0) is 45.7 Å². The van der Waals surface area contributed by atoms with Crippen LogP contribution in [0.3, 0.4) is 0 Å². The van der Waals surface area contributed by atoms with Crippen molar-refractivity contribution >= 4 is 0 Å². The first kappa shape index (κ1) is 12.6. The molecule has 0 aromatic heterocycles. The minimum Gasteiger partial charge on any atom is -0.326 e. The Morgan fingerprint density at radius 2 is 1.94 bits per heavy atom. The van der Waals surface area contributed by atoms with Crippen LogP contribution >= 0.6 is 0 Å². The zero-order chi connectivity index (χ0) is 12.5. The summed E-state index contributed by atoms with van der Waals surface area (Å²) in [7, 11) is 0. The highest BCUT2D eigenvalue weighted by Crippen LogP contribution is 2.34. The molecule has 1 aliphatic rings. The summed E-state index contributed by atoms with van der Waals surface area (Å²) in [5, 5.41) is 0. The Balaban J connectivity index is 2.21. The number of benzene rings is 1. The maximum absolute atomic E-state index is 6.28. The Kier molecular flexibility index (Phi) is 3.55. The van der Waals surface area contributed by atoms with E-state index in [1.165, 1.54) is 12.0 Å². The molecule has 0 saturated carbocycles. The monoisotopic (exact) mass is 232 g/mol. The molecule has 2 nitrogen and oxygen atoms in total. The van der Waals surface area contributed by atoms with Crippen LogP contribution in [0.5, 0.6) is 0 Å². The van der Waals surface area contributed by atoms with Gasteiger partial charge in [-0.25, -0.2) is 0 Å². The Hall–Kier alpha value is -0.860. The molecular weight excluding hydrogens is 208 g/mol. The average molecular weight is 232 g/mol. The number of hydrogen-bond acceptors (Lipinski definition) is 2. The summed E-state index contributed by atoms with van der Waals surface area (Å²) < 4.78 is 0. The van der Waals surface area contributed by atoms with Gasteiger partial charge in [-0.2, -0.15) is 0 Å². The third-order valence-corrected chi connectivity index (χ3v) is 4.31. The fraction of sp³-hybridized carbons (Fsp3) is 0.600. The van der Waals surface area contributed by atoms with Crippen LogP contribution in [0.15, 0.2) is 30.3 Å². The molecule has 1 saturated heterocycles. The maximum atomic E-state index is 6.28. The molecule has 2 rings (SSSR count). The standard InChI is InChI=1S/C15H24N2/c1-12(13-8-5-4-6-9-13)17-11-7-10-14(16)15(17,2)3/h4-6,8-9,12,14H,7,10-11,16H2,1-3H3. The van der Waals surface area contributed by atoms with E-state index in [0.29, 0.717) is 6.04 Å². The van der Waals surface area contributed by atoms with Crippen molar-refractivity contribution < 1.29 is 0 Å². The van der Waals surface area contributed by atoms with Gasteiger partial charge < -0.3 is 5.73 Å². The number of likely N-dealkylation sites (tertiary alicyclic amines) is 1. The van der Waals surface area contributed by atoms with E-state index in [0.717, 1.165) is 13.0 Å². The van der Waals surface area contributed by atoms with Gasteiger partial charge in [0.15, 0.2) is 0 Å². The van der Waals surface area contributed by atoms with Crippen molar-refractivity contribution in [2.75, 3.05) is 6.54 Å². The lowest BCUT2D eigenvalue weighted by molar-refractivity contribution is 0.0229. The van der Waals surface area contributed by atoms with E-state index in [1.54, 1.807) is 0 Å². The molecule has 1 aromatic carbocycles. The van der Waals surface area contributed by atoms with Crippen molar-refractivity contribution in [3.8, 4) is 0 Å². The fourth-order valence-electron chi connectivity index (χ4n) is 2.94. The molecule has 0 bridgehead atoms. The van der Waals surface area contributed by atoms with Crippen LogP contribution in [0.25, 0.3) is 0 Å². The Labute approximate surface area is 105 Å². The Morgan fingerprint density at radius 1 is 1.29 bits per heavy atom. The second-order valence-corrected chi connectivity index (χ2v) is 5.68. The molecule has 1 fully saturated rings. The first-order valence-electron chi connectivity index (χ1n) is 6.60. The lowest BCUT2D eigenvalue weighted by Crippen LogP contribution is -2.59. The van der Waals surface area contributed by atoms with Crippen molar-refractivity contribution in [2.24, 2.45) is 5.73 Å². The third-order valence-electron chi connectivity index (χ3n) is 4.31. The highest BCUT2D eigenvalue weighted by atomic mass is 15.2. The lowest BCUT2D eigenvalue weighted by Gasteiger charge is -2.49. The molecule has 94 valence electrons. The molecule has 1 aromatic rings. The second-order valence-electron chi connectivity index (χ2n) is 5.68. The van der Waals surface area contributed by atoms with Crippen LogP contribution in [0, 0.1) is 0 Å². The SMILES string of the molecule is CC(c1ccccc1)N1CCCC(N)C1(C)C. The van der Waals surface area contributed by atoms with E-state index in [9.17, 15) is 0 Å². The quantitative estimate of drug-likeness (QED) is 0.849. The number of piperidine rings is 1. The van der Waals surface area contributed by atoms with Crippen molar-refractivity contribution in [3.05, 3.63) is 35.9 Å². The minimum absolute atomic E-state index is 0.0908. The second kappa shape index (κ2) is 4.79. The van der Waals surface area contributed by atoms with Crippen molar-refractivity contribution in [3.63, 3.8) is 0 Å². The summed E-state index contributed by atoms with van der Waals surface area (Å²) in [5.74, 6) is 0. The zero-order valence-electron chi connectivity index (χ0n) is 11.2. The maximum Gasteiger partial charge on any atom is 0.0325 e. The number of nitrogens with two attached hydrogens (primary N) is 1. The molecular formula is C15H24N2. The third kappa shape index (κ3) is 2.38. The van der Waals surface area contributed by atoms with Gasteiger partial charge in [0.1, 0.15) is 0 Å². The van der Waals surface area contributed by atoms with Gasteiger partial charge in [-0.1, -0.05) is 30.3 Å². The molecule has 0 aliphatic carbocycles. The number of nitrogens with zero attached hydrogens (tertiary/aromatic N) is 1. The van der Waals surface area contributed by atoms with Crippen LogP contribution in [-0.2, 0) is 0 Å². The van der Waals surface area contributed by atoms with Crippen molar-refractivity contribution in [2.45, 2.75) is 51.2 Å². The molecule has 17 heavy (non-hydrogen) atoms. The van der Waals surface area contributed by atoms with Crippen molar-refractivity contribution in [1.29, 1.82) is 0 Å². The van der Waals surface area contributed by atoms with Gasteiger partial charge in [0.25, 0.3) is 0 Å². The smallest absolute Gasteiger partial charge is 0.0325 e. The zero-order valence-corrected chi connectivity index (χ0v) is 11.2. The minimum atomic E-state index is 0.0908. The van der Waals surface area contributed by atoms with Gasteiger partial charge in [-0.15, -0.1) is 0 Å². The molecule has 0 radical (unpaired) electrons. The summed E-state index contributed by atoms with van der Waals surface area (Å²) in [5.41, 5.74) is 7.75. The topological polar surface area (TPSA) is 29.3 Å². The van der Waals surface area contributed by atoms with Crippen LogP contribution in [0.4, 0.5) is 0 Å². The van der Waals surface area contributed by atoms with E-state index in [2.05, 4.69) is 56.0 Å². The van der Waals surface area contributed by atoms with E-state index in [-0.39, 0.29) is 11.6 Å². The van der Waals surface area contributed by atoms with Gasteiger partial charge in [0.05, 0.1) is 0 Å². The largest absolute Gasteiger partial charge is 0.326 e. The normalized spacial score (nSPS) is 26.7. The molecule has 0 spiro atoms. The van der Waals surface area contributed by atoms with Crippen LogP contribution in [0.1, 0.15) is 45.2 Å². The van der Waals surface area contributed by atoms with Crippen LogP contribution < -0.4 is 5.73 Å². The molecule has 2 atom stereocenters. The summed E-state index contributed by atoms with van der Waals surface area (Å²) >= 11 is 0. The summed E-state index contributed by atoms with van der Waals surface area (Å²) in [6.07, 6.45) is 2.35. The average Bonchev–Trinajstić information content (AvgIpc) is 2.33. The Morgan fingerprint density at radius 3 is 2.59 bits per heavy atom. The predicted octanol–water partition coefficient (Wildman–Crippen LogP) is 2.95. The molecule has 2 unspecified atom stereocenters. The van der Waals surface area contributed by atoms with E-state index < -0.39 is 0 Å². The van der Waals surface area contributed by atoms with E-state index in [1.807, 2.05) is 0 Å². The summed E-state index contributed by atoms with van der Waals surface area (Å²) in [4.78, 5) is 2.55.